The number of carboxylic acid groups (broad SMARTS) is 1. The number of carbonyl (C=O) groups is 2. The van der Waals surface area contributed by atoms with Crippen molar-refractivity contribution in [2.45, 2.75) is 64.0 Å². The number of carbonyl (C=O) groups excluding carboxylic acids is 1. The Morgan fingerprint density at radius 2 is 1.76 bits per heavy atom. The standard InChI is InChI=1S/C15H28N2O4/c1-4-15(5-2,21-3)10-16-14(20)17-12-8-6-11(7-9-12)13(18)19/h11-12H,4-10H2,1-3H3,(H,18,19)(H2,16,17,20). The fraction of sp³-hybridized carbons (Fsp3) is 0.867. The minimum absolute atomic E-state index is 0.0702. The molecule has 3 N–H and O–H groups in total. The predicted octanol–water partition coefficient (Wildman–Crippen LogP) is 2.13. The maximum absolute atomic E-state index is 11.9. The molecular formula is C15H28N2O4. The first-order valence-corrected chi connectivity index (χ1v) is 7.78. The Labute approximate surface area is 126 Å². The van der Waals surface area contributed by atoms with Crippen LogP contribution in [0.3, 0.4) is 0 Å². The van der Waals surface area contributed by atoms with Crippen molar-refractivity contribution in [3.63, 3.8) is 0 Å². The van der Waals surface area contributed by atoms with Gasteiger partial charge in [0.1, 0.15) is 0 Å². The van der Waals surface area contributed by atoms with Crippen LogP contribution in [0.1, 0.15) is 52.4 Å². The summed E-state index contributed by atoms with van der Waals surface area (Å²) >= 11 is 0. The number of urea groups is 1. The zero-order valence-electron chi connectivity index (χ0n) is 13.3. The van der Waals surface area contributed by atoms with Crippen molar-refractivity contribution in [1.29, 1.82) is 0 Å². The van der Waals surface area contributed by atoms with E-state index in [0.29, 0.717) is 19.4 Å². The van der Waals surface area contributed by atoms with Gasteiger partial charge < -0.3 is 20.5 Å². The number of hydrogen-bond acceptors (Lipinski definition) is 3. The summed E-state index contributed by atoms with van der Waals surface area (Å²) in [5, 5.41) is 14.7. The fourth-order valence-electron chi connectivity index (χ4n) is 2.82. The van der Waals surface area contributed by atoms with Gasteiger partial charge in [0.2, 0.25) is 0 Å². The quantitative estimate of drug-likeness (QED) is 0.672. The van der Waals surface area contributed by atoms with Crippen LogP contribution >= 0.6 is 0 Å². The zero-order chi connectivity index (χ0) is 15.9. The van der Waals surface area contributed by atoms with E-state index in [-0.39, 0.29) is 23.6 Å². The highest BCUT2D eigenvalue weighted by molar-refractivity contribution is 5.74. The lowest BCUT2D eigenvalue weighted by Crippen LogP contribution is -2.49. The van der Waals surface area contributed by atoms with Crippen LogP contribution in [-0.4, -0.2) is 42.4 Å². The maximum Gasteiger partial charge on any atom is 0.315 e. The number of aliphatic carboxylic acids is 1. The van der Waals surface area contributed by atoms with E-state index < -0.39 is 5.97 Å². The van der Waals surface area contributed by atoms with Gasteiger partial charge in [0.25, 0.3) is 0 Å². The maximum atomic E-state index is 11.9. The molecule has 1 fully saturated rings. The number of ether oxygens (including phenoxy) is 1. The van der Waals surface area contributed by atoms with E-state index in [1.54, 1.807) is 7.11 Å². The second-order valence-corrected chi connectivity index (χ2v) is 5.81. The summed E-state index contributed by atoms with van der Waals surface area (Å²) in [6, 6.07) is -0.127. The SMILES string of the molecule is CCC(CC)(CNC(=O)NC1CCC(C(=O)O)CC1)OC. The Kier molecular flexibility index (Phi) is 6.95. The van der Waals surface area contributed by atoms with Crippen molar-refractivity contribution in [1.82, 2.24) is 10.6 Å². The second-order valence-electron chi connectivity index (χ2n) is 5.81. The molecule has 0 aromatic heterocycles. The monoisotopic (exact) mass is 300 g/mol. The Hall–Kier alpha value is -1.30. The van der Waals surface area contributed by atoms with E-state index in [1.807, 2.05) is 13.8 Å². The summed E-state index contributed by atoms with van der Waals surface area (Å²) in [4.78, 5) is 22.8. The second kappa shape index (κ2) is 8.22. The molecule has 122 valence electrons. The van der Waals surface area contributed by atoms with E-state index >= 15 is 0 Å². The van der Waals surface area contributed by atoms with E-state index in [0.717, 1.165) is 25.7 Å². The number of nitrogens with one attached hydrogen (secondary N) is 2. The largest absolute Gasteiger partial charge is 0.481 e. The average Bonchev–Trinajstić information content (AvgIpc) is 2.50. The molecule has 1 saturated carbocycles. The minimum atomic E-state index is -0.728. The lowest BCUT2D eigenvalue weighted by molar-refractivity contribution is -0.142. The number of amides is 2. The molecule has 0 saturated heterocycles. The first kappa shape index (κ1) is 17.8. The molecule has 21 heavy (non-hydrogen) atoms. The van der Waals surface area contributed by atoms with Gasteiger partial charge in [0.15, 0.2) is 0 Å². The van der Waals surface area contributed by atoms with Gasteiger partial charge in [-0.25, -0.2) is 4.79 Å². The van der Waals surface area contributed by atoms with Crippen LogP contribution in [0.5, 0.6) is 0 Å². The molecule has 0 radical (unpaired) electrons. The minimum Gasteiger partial charge on any atom is -0.481 e. The van der Waals surface area contributed by atoms with Gasteiger partial charge in [0, 0.05) is 19.7 Å². The molecule has 1 aliphatic rings. The van der Waals surface area contributed by atoms with Crippen LogP contribution in [-0.2, 0) is 9.53 Å². The average molecular weight is 300 g/mol. The van der Waals surface area contributed by atoms with Crippen LogP contribution in [0, 0.1) is 5.92 Å². The molecule has 0 heterocycles. The fourth-order valence-corrected chi connectivity index (χ4v) is 2.82. The highest BCUT2D eigenvalue weighted by Gasteiger charge is 2.28. The Morgan fingerprint density at radius 1 is 1.19 bits per heavy atom. The summed E-state index contributed by atoms with van der Waals surface area (Å²) in [6.07, 6.45) is 4.38. The van der Waals surface area contributed by atoms with Gasteiger partial charge in [-0.05, 0) is 38.5 Å². The van der Waals surface area contributed by atoms with Crippen LogP contribution in [0.25, 0.3) is 0 Å². The summed E-state index contributed by atoms with van der Waals surface area (Å²) in [5.74, 6) is -0.985. The van der Waals surface area contributed by atoms with Crippen molar-refractivity contribution in [2.24, 2.45) is 5.92 Å². The van der Waals surface area contributed by atoms with E-state index in [4.69, 9.17) is 9.84 Å². The molecule has 0 aromatic rings. The summed E-state index contributed by atoms with van der Waals surface area (Å²) < 4.78 is 5.51. The lowest BCUT2D eigenvalue weighted by atomic mass is 9.86. The number of rotatable bonds is 7. The van der Waals surface area contributed by atoms with Crippen LogP contribution in [0.15, 0.2) is 0 Å². The van der Waals surface area contributed by atoms with Crippen molar-refractivity contribution in [3.05, 3.63) is 0 Å². The molecule has 1 rings (SSSR count). The third-order valence-corrected chi connectivity index (χ3v) is 4.70. The number of carboxylic acids is 1. The highest BCUT2D eigenvalue weighted by atomic mass is 16.5. The molecule has 2 amide bonds. The first-order chi connectivity index (χ1) is 9.96. The van der Waals surface area contributed by atoms with E-state index in [2.05, 4.69) is 10.6 Å². The Morgan fingerprint density at radius 3 is 2.19 bits per heavy atom. The van der Waals surface area contributed by atoms with Crippen molar-refractivity contribution in [2.75, 3.05) is 13.7 Å². The van der Waals surface area contributed by atoms with Gasteiger partial charge in [-0.2, -0.15) is 0 Å². The molecule has 0 unspecified atom stereocenters. The normalized spacial score (nSPS) is 22.6. The molecule has 1 aliphatic carbocycles. The van der Waals surface area contributed by atoms with Gasteiger partial charge in [-0.15, -0.1) is 0 Å². The molecule has 0 aliphatic heterocycles. The first-order valence-electron chi connectivity index (χ1n) is 7.78. The molecular weight excluding hydrogens is 272 g/mol. The lowest BCUT2D eigenvalue weighted by Gasteiger charge is -2.31. The van der Waals surface area contributed by atoms with Crippen molar-refractivity contribution >= 4 is 12.0 Å². The summed E-state index contributed by atoms with van der Waals surface area (Å²) in [6.45, 7) is 4.56. The van der Waals surface area contributed by atoms with Gasteiger partial charge >= 0.3 is 12.0 Å². The third kappa shape index (κ3) is 5.19. The zero-order valence-corrected chi connectivity index (χ0v) is 13.3. The Bertz CT molecular complexity index is 339. The molecule has 0 bridgehead atoms. The summed E-state index contributed by atoms with van der Waals surface area (Å²) in [5.41, 5.74) is -0.307. The Balaban J connectivity index is 2.33. The number of hydrogen-bond donors (Lipinski definition) is 3. The van der Waals surface area contributed by atoms with Gasteiger partial charge in [-0.1, -0.05) is 13.8 Å². The molecule has 6 heteroatoms. The third-order valence-electron chi connectivity index (χ3n) is 4.70. The molecule has 6 nitrogen and oxygen atoms in total. The molecule has 0 atom stereocenters. The molecule has 0 aromatic carbocycles. The van der Waals surface area contributed by atoms with Crippen molar-refractivity contribution in [3.8, 4) is 0 Å². The number of methoxy groups -OCH3 is 1. The van der Waals surface area contributed by atoms with Crippen LogP contribution in [0.2, 0.25) is 0 Å². The summed E-state index contributed by atoms with van der Waals surface area (Å²) in [7, 11) is 1.67. The van der Waals surface area contributed by atoms with Crippen LogP contribution < -0.4 is 10.6 Å². The van der Waals surface area contributed by atoms with E-state index in [9.17, 15) is 9.59 Å². The van der Waals surface area contributed by atoms with Gasteiger partial charge in [-0.3, -0.25) is 4.79 Å². The highest BCUT2D eigenvalue weighted by Crippen LogP contribution is 2.24. The van der Waals surface area contributed by atoms with E-state index in [1.165, 1.54) is 0 Å². The molecule has 0 spiro atoms. The predicted molar refractivity (Wildman–Crippen MR) is 80.2 cm³/mol. The van der Waals surface area contributed by atoms with Crippen LogP contribution in [0.4, 0.5) is 4.79 Å². The van der Waals surface area contributed by atoms with Crippen molar-refractivity contribution < 1.29 is 19.4 Å². The smallest absolute Gasteiger partial charge is 0.315 e. The topological polar surface area (TPSA) is 87.7 Å². The van der Waals surface area contributed by atoms with Gasteiger partial charge in [0.05, 0.1) is 11.5 Å².